The van der Waals surface area contributed by atoms with E-state index in [2.05, 4.69) is 32.6 Å². The summed E-state index contributed by atoms with van der Waals surface area (Å²) in [5.41, 5.74) is 1.36. The van der Waals surface area contributed by atoms with Gasteiger partial charge in [0, 0.05) is 0 Å². The van der Waals surface area contributed by atoms with Gasteiger partial charge in [0.1, 0.15) is 5.76 Å². The predicted molar refractivity (Wildman–Crippen MR) is 67.7 cm³/mol. The summed E-state index contributed by atoms with van der Waals surface area (Å²) in [6, 6.07) is 0. The molecule has 1 nitrogen and oxygen atoms in total. The molecule has 0 bridgehead atoms. The normalized spacial score (nSPS) is 17.9. The van der Waals surface area contributed by atoms with E-state index in [0.29, 0.717) is 5.92 Å². The van der Waals surface area contributed by atoms with Crippen LogP contribution in [0.1, 0.15) is 40.5 Å². The smallest absolute Gasteiger partial charge is 0.117 e. The lowest BCUT2D eigenvalue weighted by Crippen LogP contribution is -2.03. The highest BCUT2D eigenvalue weighted by Crippen LogP contribution is 2.19. The van der Waals surface area contributed by atoms with Crippen molar-refractivity contribution < 1.29 is 4.74 Å². The summed E-state index contributed by atoms with van der Waals surface area (Å²) in [6.07, 6.45) is 8.44. The van der Waals surface area contributed by atoms with Gasteiger partial charge in [0.15, 0.2) is 0 Å². The van der Waals surface area contributed by atoms with E-state index in [-0.39, 0.29) is 0 Å². The summed E-state index contributed by atoms with van der Waals surface area (Å²) >= 11 is 0. The molecule has 1 rings (SSSR count). The van der Waals surface area contributed by atoms with Gasteiger partial charge in [0.05, 0.1) is 6.61 Å². The zero-order valence-electron chi connectivity index (χ0n) is 10.5. The van der Waals surface area contributed by atoms with Gasteiger partial charge >= 0.3 is 0 Å². The lowest BCUT2D eigenvalue weighted by molar-refractivity contribution is 0.199. The van der Waals surface area contributed by atoms with Gasteiger partial charge in [-0.2, -0.15) is 0 Å². The lowest BCUT2D eigenvalue weighted by Gasteiger charge is -2.16. The third-order valence-corrected chi connectivity index (χ3v) is 2.30. The minimum atomic E-state index is 0.422. The van der Waals surface area contributed by atoms with E-state index in [1.54, 1.807) is 0 Å². The fourth-order valence-corrected chi connectivity index (χ4v) is 1.27. The van der Waals surface area contributed by atoms with Gasteiger partial charge in [-0.05, 0) is 37.3 Å². The Morgan fingerprint density at radius 2 is 2.07 bits per heavy atom. The van der Waals surface area contributed by atoms with Gasteiger partial charge in [-0.1, -0.05) is 32.9 Å². The molecule has 0 aromatic rings. The molecule has 0 saturated carbocycles. The van der Waals surface area contributed by atoms with Gasteiger partial charge in [0.2, 0.25) is 0 Å². The molecule has 0 amide bonds. The molecule has 0 aliphatic carbocycles. The molecular weight excluding hydrogens is 184 g/mol. The van der Waals surface area contributed by atoms with Crippen molar-refractivity contribution in [1.29, 1.82) is 0 Å². The molecule has 1 heteroatoms. The zero-order valence-corrected chi connectivity index (χ0v) is 10.5. The van der Waals surface area contributed by atoms with E-state index in [4.69, 9.17) is 4.74 Å². The number of hydrogen-bond acceptors (Lipinski definition) is 1. The second kappa shape index (κ2) is 8.34. The standard InChI is InChI=1S/C12H18O.C2H6/c1-4-10(2)7-8-12-11(3)6-5-9-13-12;1-2/h4,7-8,10H,1,5-6,9H2,2-3H3;1-2H3/b8-7-;. The Morgan fingerprint density at radius 1 is 1.40 bits per heavy atom. The van der Waals surface area contributed by atoms with E-state index in [1.165, 1.54) is 12.0 Å². The monoisotopic (exact) mass is 208 g/mol. The molecule has 0 N–H and O–H groups in total. The fraction of sp³-hybridized carbons (Fsp3) is 0.571. The molecular formula is C14H24O. The molecule has 1 aliphatic heterocycles. The summed E-state index contributed by atoms with van der Waals surface area (Å²) in [4.78, 5) is 0. The summed E-state index contributed by atoms with van der Waals surface area (Å²) in [5.74, 6) is 1.48. The van der Waals surface area contributed by atoms with Crippen LogP contribution in [0.5, 0.6) is 0 Å². The third kappa shape index (κ3) is 5.46. The molecule has 0 aromatic carbocycles. The van der Waals surface area contributed by atoms with E-state index in [9.17, 15) is 0 Å². The molecule has 1 atom stereocenters. The van der Waals surface area contributed by atoms with Crippen LogP contribution in [0.15, 0.2) is 36.1 Å². The average Bonchev–Trinajstić information content (AvgIpc) is 2.30. The minimum Gasteiger partial charge on any atom is -0.494 e. The molecule has 1 unspecified atom stereocenters. The van der Waals surface area contributed by atoms with Crippen molar-refractivity contribution in [2.75, 3.05) is 6.61 Å². The van der Waals surface area contributed by atoms with E-state index >= 15 is 0 Å². The van der Waals surface area contributed by atoms with Crippen molar-refractivity contribution >= 4 is 0 Å². The molecule has 0 aromatic heterocycles. The third-order valence-electron chi connectivity index (χ3n) is 2.30. The first-order valence-corrected chi connectivity index (χ1v) is 5.87. The lowest BCUT2D eigenvalue weighted by atomic mass is 10.1. The van der Waals surface area contributed by atoms with E-state index in [1.807, 2.05) is 19.9 Å². The molecule has 86 valence electrons. The summed E-state index contributed by atoms with van der Waals surface area (Å²) < 4.78 is 5.54. The first kappa shape index (κ1) is 14.0. The van der Waals surface area contributed by atoms with Gasteiger partial charge in [0.25, 0.3) is 0 Å². The Labute approximate surface area is 94.5 Å². The van der Waals surface area contributed by atoms with Gasteiger partial charge < -0.3 is 4.74 Å². The topological polar surface area (TPSA) is 9.23 Å². The molecule has 0 spiro atoms. The Hall–Kier alpha value is -0.980. The maximum atomic E-state index is 5.54. The van der Waals surface area contributed by atoms with Crippen molar-refractivity contribution in [2.45, 2.75) is 40.5 Å². The van der Waals surface area contributed by atoms with Crippen molar-refractivity contribution in [3.8, 4) is 0 Å². The molecule has 15 heavy (non-hydrogen) atoms. The van der Waals surface area contributed by atoms with Crippen molar-refractivity contribution in [2.24, 2.45) is 5.92 Å². The second-order valence-electron chi connectivity index (χ2n) is 3.55. The number of allylic oxidation sites excluding steroid dienone is 4. The van der Waals surface area contributed by atoms with Crippen molar-refractivity contribution in [1.82, 2.24) is 0 Å². The van der Waals surface area contributed by atoms with Crippen LogP contribution < -0.4 is 0 Å². The molecule has 0 radical (unpaired) electrons. The number of hydrogen-bond donors (Lipinski definition) is 0. The van der Waals surface area contributed by atoms with E-state index in [0.717, 1.165) is 18.8 Å². The van der Waals surface area contributed by atoms with Crippen LogP contribution in [-0.2, 0) is 4.74 Å². The SMILES string of the molecule is C=CC(C)/C=C\C1=C(C)CCCO1.CC. The molecule has 1 aliphatic rings. The number of ether oxygens (including phenoxy) is 1. The van der Waals surface area contributed by atoms with Gasteiger partial charge in [-0.3, -0.25) is 0 Å². The first-order chi connectivity index (χ1) is 7.24. The van der Waals surface area contributed by atoms with Crippen LogP contribution in [-0.4, -0.2) is 6.61 Å². The fourth-order valence-electron chi connectivity index (χ4n) is 1.27. The summed E-state index contributed by atoms with van der Waals surface area (Å²) in [7, 11) is 0. The quantitative estimate of drug-likeness (QED) is 0.621. The number of rotatable bonds is 3. The van der Waals surface area contributed by atoms with Crippen LogP contribution in [0.25, 0.3) is 0 Å². The average molecular weight is 208 g/mol. The molecule has 0 fully saturated rings. The van der Waals surface area contributed by atoms with Crippen molar-refractivity contribution in [3.63, 3.8) is 0 Å². The highest BCUT2D eigenvalue weighted by Gasteiger charge is 2.06. The van der Waals surface area contributed by atoms with Gasteiger partial charge in [-0.25, -0.2) is 0 Å². The van der Waals surface area contributed by atoms with Crippen LogP contribution in [0.3, 0.4) is 0 Å². The molecule has 1 heterocycles. The predicted octanol–water partition coefficient (Wildman–Crippen LogP) is 4.48. The van der Waals surface area contributed by atoms with E-state index < -0.39 is 0 Å². The zero-order chi connectivity index (χ0) is 11.7. The Bertz CT molecular complexity index is 236. The van der Waals surface area contributed by atoms with Crippen LogP contribution in [0.2, 0.25) is 0 Å². The summed E-state index contributed by atoms with van der Waals surface area (Å²) in [5, 5.41) is 0. The first-order valence-electron chi connectivity index (χ1n) is 5.87. The van der Waals surface area contributed by atoms with Gasteiger partial charge in [-0.15, -0.1) is 6.58 Å². The van der Waals surface area contributed by atoms with Crippen LogP contribution in [0.4, 0.5) is 0 Å². The Morgan fingerprint density at radius 3 is 2.60 bits per heavy atom. The Kier molecular flexibility index (Phi) is 7.79. The van der Waals surface area contributed by atoms with Crippen LogP contribution >= 0.6 is 0 Å². The van der Waals surface area contributed by atoms with Crippen LogP contribution in [0, 0.1) is 5.92 Å². The highest BCUT2D eigenvalue weighted by atomic mass is 16.5. The highest BCUT2D eigenvalue weighted by molar-refractivity contribution is 5.21. The van der Waals surface area contributed by atoms with Crippen molar-refractivity contribution in [3.05, 3.63) is 36.1 Å². The second-order valence-corrected chi connectivity index (χ2v) is 3.55. The molecule has 0 saturated heterocycles. The Balaban J connectivity index is 0.000000921. The largest absolute Gasteiger partial charge is 0.494 e. The maximum absolute atomic E-state index is 5.54. The maximum Gasteiger partial charge on any atom is 0.117 e. The summed E-state index contributed by atoms with van der Waals surface area (Å²) in [6.45, 7) is 12.8. The minimum absolute atomic E-state index is 0.422.